The lowest BCUT2D eigenvalue weighted by Crippen LogP contribution is -2.40. The summed E-state index contributed by atoms with van der Waals surface area (Å²) >= 11 is 1.85. The molecule has 1 amide bonds. The molecule has 21 heavy (non-hydrogen) atoms. The minimum absolute atomic E-state index is 0.405. The number of hydrogen-bond donors (Lipinski definition) is 0. The Balaban J connectivity index is 1.30. The molecule has 1 aliphatic heterocycles. The van der Waals surface area contributed by atoms with Gasteiger partial charge in [-0.25, -0.2) is 0 Å². The monoisotopic (exact) mass is 301 g/mol. The van der Waals surface area contributed by atoms with Crippen LogP contribution in [0.25, 0.3) is 0 Å². The van der Waals surface area contributed by atoms with Crippen molar-refractivity contribution >= 4 is 17.2 Å². The Morgan fingerprint density at radius 3 is 2.86 bits per heavy atom. The third-order valence-corrected chi connectivity index (χ3v) is 7.76. The number of thiophene rings is 1. The van der Waals surface area contributed by atoms with Crippen molar-refractivity contribution in [2.75, 3.05) is 6.54 Å². The van der Waals surface area contributed by atoms with E-state index >= 15 is 0 Å². The van der Waals surface area contributed by atoms with Gasteiger partial charge in [-0.3, -0.25) is 4.79 Å². The molecule has 0 radical (unpaired) electrons. The molecule has 4 fully saturated rings. The fourth-order valence-corrected chi connectivity index (χ4v) is 6.98. The van der Waals surface area contributed by atoms with Crippen molar-refractivity contribution in [2.45, 2.75) is 51.5 Å². The van der Waals surface area contributed by atoms with Crippen molar-refractivity contribution in [3.05, 3.63) is 21.9 Å². The van der Waals surface area contributed by atoms with E-state index in [0.717, 1.165) is 43.7 Å². The number of fused-ring (bicyclic) bond motifs is 1. The van der Waals surface area contributed by atoms with Gasteiger partial charge in [-0.05, 0) is 78.7 Å². The summed E-state index contributed by atoms with van der Waals surface area (Å²) < 4.78 is 0. The van der Waals surface area contributed by atoms with Gasteiger partial charge in [0.05, 0.1) is 0 Å². The van der Waals surface area contributed by atoms with E-state index in [-0.39, 0.29) is 0 Å². The summed E-state index contributed by atoms with van der Waals surface area (Å²) in [7, 11) is 0. The molecule has 5 aliphatic rings. The first kappa shape index (κ1) is 12.7. The fourth-order valence-electron chi connectivity index (χ4n) is 6.09. The smallest absolute Gasteiger partial charge is 0.223 e. The molecule has 1 aromatic rings. The summed E-state index contributed by atoms with van der Waals surface area (Å²) in [4.78, 5) is 16.5. The Labute approximate surface area is 130 Å². The highest BCUT2D eigenvalue weighted by atomic mass is 32.1. The number of nitrogens with zero attached hydrogens (tertiary/aromatic N) is 1. The lowest BCUT2D eigenvalue weighted by Gasteiger charge is -2.39. The molecule has 2 nitrogen and oxygen atoms in total. The van der Waals surface area contributed by atoms with Crippen LogP contribution in [0.15, 0.2) is 11.4 Å². The zero-order chi connectivity index (χ0) is 14.0. The van der Waals surface area contributed by atoms with Crippen molar-refractivity contribution in [1.82, 2.24) is 4.90 Å². The van der Waals surface area contributed by atoms with Crippen LogP contribution in [0.2, 0.25) is 0 Å². The molecule has 0 aromatic carbocycles. The Morgan fingerprint density at radius 1 is 1.29 bits per heavy atom. The molecule has 4 saturated carbocycles. The van der Waals surface area contributed by atoms with Crippen LogP contribution < -0.4 is 0 Å². The summed E-state index contributed by atoms with van der Waals surface area (Å²) in [5, 5.41) is 2.17. The molecule has 2 atom stereocenters. The number of hydrogen-bond acceptors (Lipinski definition) is 2. The second-order valence-electron chi connectivity index (χ2n) is 8.08. The number of carbonyl (C=O) groups excluding carboxylic acids is 1. The zero-order valence-corrected chi connectivity index (χ0v) is 13.3. The minimum atomic E-state index is 0.405. The molecule has 4 aliphatic carbocycles. The van der Waals surface area contributed by atoms with Crippen LogP contribution >= 0.6 is 11.3 Å². The van der Waals surface area contributed by atoms with Crippen molar-refractivity contribution in [2.24, 2.45) is 23.2 Å². The first-order valence-electron chi connectivity index (χ1n) is 8.54. The summed E-state index contributed by atoms with van der Waals surface area (Å²) in [6.45, 7) is 1.81. The normalized spacial score (nSPS) is 39.8. The van der Waals surface area contributed by atoms with Crippen molar-refractivity contribution < 1.29 is 4.79 Å². The third-order valence-electron chi connectivity index (χ3n) is 6.74. The van der Waals surface area contributed by atoms with Gasteiger partial charge in [0.1, 0.15) is 0 Å². The van der Waals surface area contributed by atoms with Crippen molar-refractivity contribution in [3.63, 3.8) is 0 Å². The Bertz CT molecular complexity index is 572. The molecular formula is C18H23NOS. The largest absolute Gasteiger partial charge is 0.338 e. The van der Waals surface area contributed by atoms with Gasteiger partial charge in [0.2, 0.25) is 5.91 Å². The lowest BCUT2D eigenvalue weighted by atomic mass is 9.67. The fraction of sp³-hybridized carbons (Fsp3) is 0.722. The molecule has 3 heteroatoms. The molecule has 2 unspecified atom stereocenters. The predicted octanol–water partition coefficient (Wildman–Crippen LogP) is 3.85. The van der Waals surface area contributed by atoms with E-state index < -0.39 is 0 Å². The summed E-state index contributed by atoms with van der Waals surface area (Å²) in [5.41, 5.74) is 1.80. The highest BCUT2D eigenvalue weighted by Gasteiger charge is 2.56. The summed E-state index contributed by atoms with van der Waals surface area (Å²) in [6, 6.07) is 2.21. The highest BCUT2D eigenvalue weighted by Crippen LogP contribution is 2.65. The minimum Gasteiger partial charge on any atom is -0.338 e. The standard InChI is InChI=1S/C18H23NOS/c20-17(19-3-1-16-13(11-19)2-4-21-16)10-18-7-12-5-14(8-18)15(6-12)9-18/h2,4,12,14-15H,1,3,5-11H2. The van der Waals surface area contributed by atoms with Gasteiger partial charge in [-0.15, -0.1) is 11.3 Å². The van der Waals surface area contributed by atoms with Crippen LogP contribution in [0.3, 0.4) is 0 Å². The topological polar surface area (TPSA) is 20.3 Å². The molecule has 6 rings (SSSR count). The average molecular weight is 301 g/mol. The van der Waals surface area contributed by atoms with E-state index in [1.807, 2.05) is 11.3 Å². The van der Waals surface area contributed by atoms with Crippen LogP contribution in [0, 0.1) is 23.2 Å². The maximum atomic E-state index is 12.8. The SMILES string of the molecule is O=C(CC12CC3CC(C1)C(C3)C2)N1CCc2sccc2C1. The van der Waals surface area contributed by atoms with Gasteiger partial charge >= 0.3 is 0 Å². The van der Waals surface area contributed by atoms with Crippen LogP contribution in [0.4, 0.5) is 0 Å². The van der Waals surface area contributed by atoms with Gasteiger partial charge in [-0.1, -0.05) is 0 Å². The molecular weight excluding hydrogens is 278 g/mol. The van der Waals surface area contributed by atoms with Gasteiger partial charge < -0.3 is 4.90 Å². The Hall–Kier alpha value is -0.830. The van der Waals surface area contributed by atoms with Crippen LogP contribution in [0.5, 0.6) is 0 Å². The number of rotatable bonds is 2. The van der Waals surface area contributed by atoms with Crippen LogP contribution in [-0.4, -0.2) is 17.4 Å². The number of amides is 1. The maximum absolute atomic E-state index is 12.8. The van der Waals surface area contributed by atoms with Gasteiger partial charge in [0.15, 0.2) is 0 Å². The second kappa shape index (κ2) is 4.34. The molecule has 4 bridgehead atoms. The maximum Gasteiger partial charge on any atom is 0.223 e. The van der Waals surface area contributed by atoms with E-state index in [1.165, 1.54) is 42.5 Å². The Morgan fingerprint density at radius 2 is 2.10 bits per heavy atom. The molecule has 0 saturated heterocycles. The van der Waals surface area contributed by atoms with E-state index in [0.29, 0.717) is 11.3 Å². The summed E-state index contributed by atoms with van der Waals surface area (Å²) in [6.07, 6.45) is 8.93. The van der Waals surface area contributed by atoms with E-state index in [4.69, 9.17) is 0 Å². The van der Waals surface area contributed by atoms with Crippen molar-refractivity contribution in [3.8, 4) is 0 Å². The molecule has 2 heterocycles. The van der Waals surface area contributed by atoms with Gasteiger partial charge in [0, 0.05) is 24.4 Å². The van der Waals surface area contributed by atoms with Crippen LogP contribution in [-0.2, 0) is 17.8 Å². The quantitative estimate of drug-likeness (QED) is 0.812. The van der Waals surface area contributed by atoms with Gasteiger partial charge in [0.25, 0.3) is 0 Å². The molecule has 112 valence electrons. The van der Waals surface area contributed by atoms with E-state index in [2.05, 4.69) is 16.3 Å². The first-order valence-corrected chi connectivity index (χ1v) is 9.42. The highest BCUT2D eigenvalue weighted by molar-refractivity contribution is 7.10. The van der Waals surface area contributed by atoms with Crippen molar-refractivity contribution in [1.29, 1.82) is 0 Å². The average Bonchev–Trinajstić information content (AvgIpc) is 3.09. The molecule has 1 aromatic heterocycles. The van der Waals surface area contributed by atoms with Gasteiger partial charge in [-0.2, -0.15) is 0 Å². The second-order valence-corrected chi connectivity index (χ2v) is 9.08. The number of carbonyl (C=O) groups is 1. The zero-order valence-electron chi connectivity index (χ0n) is 12.5. The molecule has 0 spiro atoms. The lowest BCUT2D eigenvalue weighted by molar-refractivity contribution is -0.135. The summed E-state index contributed by atoms with van der Waals surface area (Å²) in [5.74, 6) is 3.34. The molecule has 0 N–H and O–H groups in total. The third kappa shape index (κ3) is 1.93. The van der Waals surface area contributed by atoms with Crippen LogP contribution in [0.1, 0.15) is 49.0 Å². The van der Waals surface area contributed by atoms with E-state index in [1.54, 1.807) is 0 Å². The first-order chi connectivity index (χ1) is 10.2. The Kier molecular flexibility index (Phi) is 2.62. The predicted molar refractivity (Wildman–Crippen MR) is 84.0 cm³/mol. The van der Waals surface area contributed by atoms with E-state index in [9.17, 15) is 4.79 Å².